The quantitative estimate of drug-likeness (QED) is 0.797. The van der Waals surface area contributed by atoms with Gasteiger partial charge in [-0.2, -0.15) is 0 Å². The normalized spacial score (nSPS) is 10.5. The summed E-state index contributed by atoms with van der Waals surface area (Å²) in [5.41, 5.74) is 0.506. The lowest BCUT2D eigenvalue weighted by atomic mass is 10.2. The molecule has 0 aliphatic heterocycles. The number of nitrogens with zero attached hydrogens (tertiary/aromatic N) is 2. The van der Waals surface area contributed by atoms with E-state index < -0.39 is 5.97 Å². The average Bonchev–Trinajstić information content (AvgIpc) is 2.51. The third kappa shape index (κ3) is 2.64. The number of hydrogen-bond donors (Lipinski definition) is 1. The van der Waals surface area contributed by atoms with Crippen molar-refractivity contribution in [2.75, 3.05) is 0 Å². The topological polar surface area (TPSA) is 72.3 Å². The second-order valence-electron chi connectivity index (χ2n) is 4.21. The second kappa shape index (κ2) is 5.38. The molecule has 0 amide bonds. The van der Waals surface area contributed by atoms with Crippen LogP contribution in [0.25, 0.3) is 10.9 Å². The number of rotatable bonds is 3. The van der Waals surface area contributed by atoms with Crippen molar-refractivity contribution in [1.82, 2.24) is 9.97 Å². The third-order valence-corrected chi connectivity index (χ3v) is 3.17. The van der Waals surface area contributed by atoms with E-state index in [2.05, 4.69) is 9.97 Å². The van der Waals surface area contributed by atoms with Gasteiger partial charge in [-0.25, -0.2) is 9.78 Å². The Morgan fingerprint density at radius 3 is 2.81 bits per heavy atom. The number of benzene rings is 1. The minimum Gasteiger partial charge on any atom is -0.477 e. The molecule has 0 unspecified atom stereocenters. The SMILES string of the molecule is O=C(O)c1cccc(Oc2ccc(Cl)c3cccnc23)n1. The molecule has 6 heteroatoms. The summed E-state index contributed by atoms with van der Waals surface area (Å²) in [6.07, 6.45) is 1.63. The van der Waals surface area contributed by atoms with Crippen LogP contribution in [0.15, 0.2) is 48.7 Å². The van der Waals surface area contributed by atoms with Crippen LogP contribution in [-0.2, 0) is 0 Å². The van der Waals surface area contributed by atoms with Gasteiger partial charge in [-0.15, -0.1) is 0 Å². The molecule has 1 aromatic carbocycles. The molecule has 3 rings (SSSR count). The Labute approximate surface area is 124 Å². The highest BCUT2D eigenvalue weighted by molar-refractivity contribution is 6.35. The Morgan fingerprint density at radius 2 is 2.00 bits per heavy atom. The largest absolute Gasteiger partial charge is 0.477 e. The van der Waals surface area contributed by atoms with Crippen LogP contribution >= 0.6 is 11.6 Å². The Bertz CT molecular complexity index is 836. The number of aromatic carboxylic acids is 1. The van der Waals surface area contributed by atoms with Gasteiger partial charge < -0.3 is 9.84 Å². The molecule has 0 atom stereocenters. The Hall–Kier alpha value is -2.66. The van der Waals surface area contributed by atoms with E-state index in [9.17, 15) is 4.79 Å². The number of aromatic nitrogens is 2. The van der Waals surface area contributed by atoms with Gasteiger partial charge in [0, 0.05) is 17.6 Å². The van der Waals surface area contributed by atoms with Crippen LogP contribution in [0.3, 0.4) is 0 Å². The summed E-state index contributed by atoms with van der Waals surface area (Å²) in [7, 11) is 0. The summed E-state index contributed by atoms with van der Waals surface area (Å²) in [4.78, 5) is 19.1. The zero-order chi connectivity index (χ0) is 14.8. The molecule has 2 aromatic heterocycles. The number of halogens is 1. The van der Waals surface area contributed by atoms with E-state index in [1.807, 2.05) is 6.07 Å². The molecule has 3 aromatic rings. The molecular weight excluding hydrogens is 292 g/mol. The fourth-order valence-corrected chi connectivity index (χ4v) is 2.11. The number of fused-ring (bicyclic) bond motifs is 1. The lowest BCUT2D eigenvalue weighted by Crippen LogP contribution is -2.01. The standard InChI is InChI=1S/C15H9ClN2O3/c16-10-6-7-12(14-9(10)3-2-8-17-14)21-13-5-1-4-11(18-13)15(19)20/h1-8H,(H,19,20). The number of hydrogen-bond acceptors (Lipinski definition) is 4. The fourth-order valence-electron chi connectivity index (χ4n) is 1.90. The highest BCUT2D eigenvalue weighted by Crippen LogP contribution is 2.32. The van der Waals surface area contributed by atoms with Gasteiger partial charge in [0.2, 0.25) is 5.88 Å². The van der Waals surface area contributed by atoms with Crippen molar-refractivity contribution >= 4 is 28.5 Å². The van der Waals surface area contributed by atoms with Gasteiger partial charge in [-0.1, -0.05) is 17.7 Å². The average molecular weight is 301 g/mol. The molecule has 1 N–H and O–H groups in total. The van der Waals surface area contributed by atoms with E-state index in [1.165, 1.54) is 6.07 Å². The Balaban J connectivity index is 2.04. The molecular formula is C15H9ClN2O3. The second-order valence-corrected chi connectivity index (χ2v) is 4.62. The van der Waals surface area contributed by atoms with Gasteiger partial charge in [0.05, 0.1) is 5.02 Å². The van der Waals surface area contributed by atoms with E-state index >= 15 is 0 Å². The molecule has 0 saturated heterocycles. The van der Waals surface area contributed by atoms with Crippen molar-refractivity contribution in [2.24, 2.45) is 0 Å². The summed E-state index contributed by atoms with van der Waals surface area (Å²) in [5.74, 6) is -0.464. The molecule has 21 heavy (non-hydrogen) atoms. The molecule has 0 saturated carbocycles. The van der Waals surface area contributed by atoms with Crippen molar-refractivity contribution in [3.63, 3.8) is 0 Å². The fraction of sp³-hybridized carbons (Fsp3) is 0. The first kappa shape index (κ1) is 13.3. The zero-order valence-electron chi connectivity index (χ0n) is 10.7. The lowest BCUT2D eigenvalue weighted by molar-refractivity contribution is 0.0689. The first-order chi connectivity index (χ1) is 10.1. The van der Waals surface area contributed by atoms with Gasteiger partial charge in [-0.05, 0) is 30.3 Å². The van der Waals surface area contributed by atoms with Crippen LogP contribution < -0.4 is 4.74 Å². The Kier molecular flexibility index (Phi) is 3.41. The van der Waals surface area contributed by atoms with E-state index in [4.69, 9.17) is 21.4 Å². The van der Waals surface area contributed by atoms with E-state index in [-0.39, 0.29) is 11.6 Å². The third-order valence-electron chi connectivity index (χ3n) is 2.84. The van der Waals surface area contributed by atoms with Crippen LogP contribution in [0.4, 0.5) is 0 Å². The minimum atomic E-state index is -1.11. The van der Waals surface area contributed by atoms with Gasteiger partial charge in [0.25, 0.3) is 0 Å². The highest BCUT2D eigenvalue weighted by atomic mass is 35.5. The van der Waals surface area contributed by atoms with Crippen molar-refractivity contribution in [2.45, 2.75) is 0 Å². The summed E-state index contributed by atoms with van der Waals surface area (Å²) < 4.78 is 5.64. The van der Waals surface area contributed by atoms with Crippen LogP contribution in [0, 0.1) is 0 Å². The molecule has 0 spiro atoms. The maximum atomic E-state index is 10.9. The van der Waals surface area contributed by atoms with E-state index in [0.29, 0.717) is 16.3 Å². The summed E-state index contributed by atoms with van der Waals surface area (Å²) in [6.45, 7) is 0. The van der Waals surface area contributed by atoms with Gasteiger partial charge in [0.1, 0.15) is 5.52 Å². The minimum absolute atomic E-state index is 0.0845. The maximum Gasteiger partial charge on any atom is 0.354 e. The number of ether oxygens (including phenoxy) is 1. The molecule has 2 heterocycles. The van der Waals surface area contributed by atoms with Gasteiger partial charge in [-0.3, -0.25) is 4.98 Å². The monoisotopic (exact) mass is 300 g/mol. The maximum absolute atomic E-state index is 10.9. The van der Waals surface area contributed by atoms with Crippen molar-refractivity contribution in [3.8, 4) is 11.6 Å². The molecule has 0 bridgehead atoms. The van der Waals surface area contributed by atoms with E-state index in [0.717, 1.165) is 5.39 Å². The van der Waals surface area contributed by atoms with Gasteiger partial charge >= 0.3 is 5.97 Å². The van der Waals surface area contributed by atoms with Gasteiger partial charge in [0.15, 0.2) is 11.4 Å². The smallest absolute Gasteiger partial charge is 0.354 e. The summed E-state index contributed by atoms with van der Waals surface area (Å²) in [5, 5.41) is 10.3. The first-order valence-electron chi connectivity index (χ1n) is 6.06. The zero-order valence-corrected chi connectivity index (χ0v) is 11.4. The molecule has 0 radical (unpaired) electrons. The molecule has 0 aliphatic rings. The number of carboxylic acid groups (broad SMARTS) is 1. The van der Waals surface area contributed by atoms with Crippen molar-refractivity contribution in [1.29, 1.82) is 0 Å². The van der Waals surface area contributed by atoms with Crippen molar-refractivity contribution < 1.29 is 14.6 Å². The van der Waals surface area contributed by atoms with Crippen molar-refractivity contribution in [3.05, 3.63) is 59.4 Å². The van der Waals surface area contributed by atoms with Crippen LogP contribution in [-0.4, -0.2) is 21.0 Å². The van der Waals surface area contributed by atoms with Crippen LogP contribution in [0.2, 0.25) is 5.02 Å². The summed E-state index contributed by atoms with van der Waals surface area (Å²) in [6, 6.07) is 11.5. The van der Waals surface area contributed by atoms with E-state index in [1.54, 1.807) is 36.5 Å². The van der Waals surface area contributed by atoms with Crippen LogP contribution in [0.1, 0.15) is 10.5 Å². The predicted octanol–water partition coefficient (Wildman–Crippen LogP) is 3.77. The highest BCUT2D eigenvalue weighted by Gasteiger charge is 2.10. The van der Waals surface area contributed by atoms with Crippen LogP contribution in [0.5, 0.6) is 11.6 Å². The Morgan fingerprint density at radius 1 is 1.14 bits per heavy atom. The molecule has 5 nitrogen and oxygen atoms in total. The first-order valence-corrected chi connectivity index (χ1v) is 6.44. The molecule has 0 fully saturated rings. The number of carbonyl (C=O) groups is 1. The molecule has 104 valence electrons. The predicted molar refractivity (Wildman–Crippen MR) is 78.0 cm³/mol. The lowest BCUT2D eigenvalue weighted by Gasteiger charge is -2.08. The molecule has 0 aliphatic carbocycles. The number of carboxylic acids is 1. The summed E-state index contributed by atoms with van der Waals surface area (Å²) >= 11 is 6.11. The number of pyridine rings is 2.